The fourth-order valence-corrected chi connectivity index (χ4v) is 3.01. The van der Waals surface area contributed by atoms with Crippen molar-refractivity contribution in [1.82, 2.24) is 9.97 Å². The average Bonchev–Trinajstić information content (AvgIpc) is 2.76. The van der Waals surface area contributed by atoms with Crippen LogP contribution in [0.25, 0.3) is 10.3 Å². The highest BCUT2D eigenvalue weighted by atomic mass is 32.1. The van der Waals surface area contributed by atoms with E-state index in [-0.39, 0.29) is 10.4 Å². The summed E-state index contributed by atoms with van der Waals surface area (Å²) in [7, 11) is 0. The molecule has 0 aliphatic carbocycles. The van der Waals surface area contributed by atoms with E-state index in [4.69, 9.17) is 0 Å². The van der Waals surface area contributed by atoms with E-state index in [0.29, 0.717) is 17.6 Å². The van der Waals surface area contributed by atoms with Gasteiger partial charge in [0.2, 0.25) is 0 Å². The molecule has 0 saturated heterocycles. The van der Waals surface area contributed by atoms with Crippen LogP contribution < -0.4 is 10.4 Å². The number of hydrogen-bond acceptors (Lipinski definition) is 3. The quantitative estimate of drug-likeness (QED) is 0.751. The standard InChI is InChI=1S/C14H12N2O2S/c1-8-10(7-9-5-3-2-4-6-9)13(17)15-12-11(8)19-14(18)16-12/h2-6H,7H2,1H3,(H2,15,16,17,18). The van der Waals surface area contributed by atoms with Gasteiger partial charge in [-0.15, -0.1) is 0 Å². The van der Waals surface area contributed by atoms with Crippen molar-refractivity contribution in [2.75, 3.05) is 0 Å². The predicted molar refractivity (Wildman–Crippen MR) is 77.1 cm³/mol. The minimum Gasteiger partial charge on any atom is -0.307 e. The molecule has 19 heavy (non-hydrogen) atoms. The summed E-state index contributed by atoms with van der Waals surface area (Å²) >= 11 is 1.13. The molecule has 0 bridgehead atoms. The van der Waals surface area contributed by atoms with Crippen molar-refractivity contribution in [3.63, 3.8) is 0 Å². The molecule has 0 aliphatic rings. The number of aromatic nitrogens is 2. The van der Waals surface area contributed by atoms with Gasteiger partial charge in [-0.2, -0.15) is 0 Å². The van der Waals surface area contributed by atoms with Crippen molar-refractivity contribution in [3.8, 4) is 0 Å². The van der Waals surface area contributed by atoms with E-state index in [1.54, 1.807) is 0 Å². The molecule has 0 fully saturated rings. The molecular formula is C14H12N2O2S. The lowest BCUT2D eigenvalue weighted by Gasteiger charge is -2.05. The number of fused-ring (bicyclic) bond motifs is 1. The Labute approximate surface area is 112 Å². The number of hydrogen-bond donors (Lipinski definition) is 2. The van der Waals surface area contributed by atoms with Gasteiger partial charge in [0.25, 0.3) is 5.56 Å². The molecule has 1 aromatic carbocycles. The Balaban J connectivity index is 2.18. The Morgan fingerprint density at radius 2 is 1.84 bits per heavy atom. The SMILES string of the molecule is Cc1c(Cc2ccccc2)c(=O)[nH]c2[nH]c(=O)sc12. The third kappa shape index (κ3) is 2.13. The Morgan fingerprint density at radius 3 is 2.58 bits per heavy atom. The van der Waals surface area contributed by atoms with Gasteiger partial charge in [-0.3, -0.25) is 14.6 Å². The number of benzene rings is 1. The molecule has 0 amide bonds. The van der Waals surface area contributed by atoms with Gasteiger partial charge in [0.15, 0.2) is 0 Å². The number of rotatable bonds is 2. The number of H-pyrrole nitrogens is 2. The fraction of sp³-hybridized carbons (Fsp3) is 0.143. The molecule has 96 valence electrons. The Hall–Kier alpha value is -2.14. The summed E-state index contributed by atoms with van der Waals surface area (Å²) in [6, 6.07) is 9.82. The van der Waals surface area contributed by atoms with E-state index >= 15 is 0 Å². The third-order valence-electron chi connectivity index (χ3n) is 3.18. The molecule has 0 saturated carbocycles. The van der Waals surface area contributed by atoms with E-state index in [1.165, 1.54) is 0 Å². The first-order chi connectivity index (χ1) is 9.15. The molecule has 0 unspecified atom stereocenters. The molecule has 2 N–H and O–H groups in total. The van der Waals surface area contributed by atoms with Crippen molar-refractivity contribution < 1.29 is 0 Å². The van der Waals surface area contributed by atoms with Crippen LogP contribution in [0.5, 0.6) is 0 Å². The van der Waals surface area contributed by atoms with E-state index in [1.807, 2.05) is 37.3 Å². The highest BCUT2D eigenvalue weighted by molar-refractivity contribution is 7.16. The highest BCUT2D eigenvalue weighted by Gasteiger charge is 2.12. The molecule has 5 heteroatoms. The zero-order valence-corrected chi connectivity index (χ0v) is 11.1. The maximum Gasteiger partial charge on any atom is 0.306 e. The molecule has 4 nitrogen and oxygen atoms in total. The van der Waals surface area contributed by atoms with Crippen molar-refractivity contribution in [2.45, 2.75) is 13.3 Å². The summed E-state index contributed by atoms with van der Waals surface area (Å²) in [5.41, 5.74) is 3.07. The lowest BCUT2D eigenvalue weighted by atomic mass is 10.0. The Kier molecular flexibility index (Phi) is 2.83. The molecule has 2 aromatic heterocycles. The summed E-state index contributed by atoms with van der Waals surface area (Å²) in [6.07, 6.45) is 0.573. The summed E-state index contributed by atoms with van der Waals surface area (Å²) in [5, 5.41) is 0. The average molecular weight is 272 g/mol. The van der Waals surface area contributed by atoms with Gasteiger partial charge in [-0.1, -0.05) is 41.7 Å². The van der Waals surface area contributed by atoms with Crippen LogP contribution in [-0.2, 0) is 6.42 Å². The van der Waals surface area contributed by atoms with Crippen LogP contribution in [-0.4, -0.2) is 9.97 Å². The fourth-order valence-electron chi connectivity index (χ4n) is 2.19. The lowest BCUT2D eigenvalue weighted by Crippen LogP contribution is -2.15. The highest BCUT2D eigenvalue weighted by Crippen LogP contribution is 2.20. The van der Waals surface area contributed by atoms with Gasteiger partial charge >= 0.3 is 4.87 Å². The van der Waals surface area contributed by atoms with E-state index in [2.05, 4.69) is 9.97 Å². The predicted octanol–water partition coefficient (Wildman–Crippen LogP) is 2.18. The second-order valence-corrected chi connectivity index (χ2v) is 5.42. The normalized spacial score (nSPS) is 11.0. The number of nitrogens with one attached hydrogen (secondary N) is 2. The molecular weight excluding hydrogens is 260 g/mol. The molecule has 3 aromatic rings. The number of aryl methyl sites for hydroxylation is 1. The number of pyridine rings is 1. The van der Waals surface area contributed by atoms with Crippen LogP contribution in [0.1, 0.15) is 16.7 Å². The summed E-state index contributed by atoms with van der Waals surface area (Å²) in [6.45, 7) is 1.89. The van der Waals surface area contributed by atoms with E-state index < -0.39 is 0 Å². The smallest absolute Gasteiger partial charge is 0.306 e. The van der Waals surface area contributed by atoms with Crippen molar-refractivity contribution in [2.24, 2.45) is 0 Å². The summed E-state index contributed by atoms with van der Waals surface area (Å²) in [4.78, 5) is 28.7. The van der Waals surface area contributed by atoms with Crippen LogP contribution in [0.2, 0.25) is 0 Å². The van der Waals surface area contributed by atoms with Gasteiger partial charge in [0.05, 0.1) is 4.70 Å². The van der Waals surface area contributed by atoms with E-state index in [0.717, 1.165) is 27.2 Å². The summed E-state index contributed by atoms with van der Waals surface area (Å²) in [5.74, 6) is 0. The van der Waals surface area contributed by atoms with Crippen LogP contribution >= 0.6 is 11.3 Å². The van der Waals surface area contributed by atoms with Crippen LogP contribution in [0.15, 0.2) is 39.9 Å². The second kappa shape index (κ2) is 4.51. The first kappa shape index (κ1) is 11.9. The Morgan fingerprint density at radius 1 is 1.11 bits per heavy atom. The zero-order valence-electron chi connectivity index (χ0n) is 10.3. The first-order valence-electron chi connectivity index (χ1n) is 5.93. The topological polar surface area (TPSA) is 65.7 Å². The summed E-state index contributed by atoms with van der Waals surface area (Å²) < 4.78 is 0.829. The largest absolute Gasteiger partial charge is 0.307 e. The molecule has 0 radical (unpaired) electrons. The molecule has 0 aliphatic heterocycles. The van der Waals surface area contributed by atoms with E-state index in [9.17, 15) is 9.59 Å². The van der Waals surface area contributed by atoms with Gasteiger partial charge in [-0.05, 0) is 18.1 Å². The van der Waals surface area contributed by atoms with Crippen LogP contribution in [0, 0.1) is 6.92 Å². The van der Waals surface area contributed by atoms with Gasteiger partial charge in [0.1, 0.15) is 5.65 Å². The second-order valence-electron chi connectivity index (χ2n) is 4.44. The van der Waals surface area contributed by atoms with Crippen molar-refractivity contribution >= 4 is 21.7 Å². The van der Waals surface area contributed by atoms with Gasteiger partial charge in [0, 0.05) is 12.0 Å². The van der Waals surface area contributed by atoms with Crippen LogP contribution in [0.3, 0.4) is 0 Å². The van der Waals surface area contributed by atoms with Crippen molar-refractivity contribution in [1.29, 1.82) is 0 Å². The molecule has 3 rings (SSSR count). The maximum absolute atomic E-state index is 12.1. The third-order valence-corrected chi connectivity index (χ3v) is 4.18. The van der Waals surface area contributed by atoms with Crippen LogP contribution in [0.4, 0.5) is 0 Å². The zero-order chi connectivity index (χ0) is 13.4. The molecule has 0 atom stereocenters. The minimum atomic E-state index is -0.148. The lowest BCUT2D eigenvalue weighted by molar-refractivity contribution is 1.08. The van der Waals surface area contributed by atoms with Gasteiger partial charge in [-0.25, -0.2) is 0 Å². The molecule has 0 spiro atoms. The number of thiazole rings is 1. The molecule has 2 heterocycles. The number of aromatic amines is 2. The monoisotopic (exact) mass is 272 g/mol. The Bertz CT molecular complexity index is 843. The minimum absolute atomic E-state index is 0.136. The van der Waals surface area contributed by atoms with Crippen molar-refractivity contribution in [3.05, 3.63) is 67.0 Å². The van der Waals surface area contributed by atoms with Gasteiger partial charge < -0.3 is 4.98 Å². The first-order valence-corrected chi connectivity index (χ1v) is 6.75. The maximum atomic E-state index is 12.1.